The van der Waals surface area contributed by atoms with Crippen molar-refractivity contribution in [3.8, 4) is 0 Å². The third-order valence-corrected chi connectivity index (χ3v) is 5.18. The van der Waals surface area contributed by atoms with Crippen molar-refractivity contribution in [1.82, 2.24) is 5.32 Å². The van der Waals surface area contributed by atoms with Gasteiger partial charge >= 0.3 is 0 Å². The van der Waals surface area contributed by atoms with Gasteiger partial charge in [-0.3, -0.25) is 0 Å². The summed E-state index contributed by atoms with van der Waals surface area (Å²) < 4.78 is 6.38. The molecule has 0 spiro atoms. The van der Waals surface area contributed by atoms with Crippen molar-refractivity contribution in [2.45, 2.75) is 83.8 Å². The molecule has 0 radical (unpaired) electrons. The number of hydrogen-bond acceptors (Lipinski definition) is 2. The summed E-state index contributed by atoms with van der Waals surface area (Å²) in [6.45, 7) is 8.63. The Morgan fingerprint density at radius 1 is 1.30 bits per heavy atom. The number of ether oxygens (including phenoxy) is 1. The molecule has 0 bridgehead atoms. The highest BCUT2D eigenvalue weighted by Gasteiger charge is 2.43. The first-order chi connectivity index (χ1) is 9.72. The van der Waals surface area contributed by atoms with E-state index in [0.717, 1.165) is 19.1 Å². The molecule has 0 aliphatic heterocycles. The van der Waals surface area contributed by atoms with Crippen molar-refractivity contribution in [3.63, 3.8) is 0 Å². The van der Waals surface area contributed by atoms with Crippen molar-refractivity contribution < 1.29 is 4.74 Å². The van der Waals surface area contributed by atoms with Crippen LogP contribution in [-0.2, 0) is 4.74 Å². The summed E-state index contributed by atoms with van der Waals surface area (Å²) >= 11 is 0. The summed E-state index contributed by atoms with van der Waals surface area (Å²) in [5.74, 6) is 0.867. The number of rotatable bonds is 6. The van der Waals surface area contributed by atoms with Gasteiger partial charge in [0.2, 0.25) is 0 Å². The van der Waals surface area contributed by atoms with Gasteiger partial charge in [-0.2, -0.15) is 0 Å². The molecular weight excluding hydrogens is 246 g/mol. The fraction of sp³-hybridized carbons (Fsp3) is 0.889. The van der Waals surface area contributed by atoms with E-state index < -0.39 is 0 Å². The summed E-state index contributed by atoms with van der Waals surface area (Å²) in [6.07, 6.45) is 12.8. The molecule has 0 aromatic rings. The maximum atomic E-state index is 6.38. The van der Waals surface area contributed by atoms with E-state index in [1.54, 1.807) is 5.57 Å². The normalized spacial score (nSPS) is 32.8. The van der Waals surface area contributed by atoms with E-state index in [1.807, 2.05) is 0 Å². The monoisotopic (exact) mass is 279 g/mol. The minimum absolute atomic E-state index is 0.0560. The molecule has 1 fully saturated rings. The Morgan fingerprint density at radius 2 is 2.05 bits per heavy atom. The van der Waals surface area contributed by atoms with E-state index in [9.17, 15) is 0 Å². The van der Waals surface area contributed by atoms with Crippen LogP contribution in [0.4, 0.5) is 0 Å². The average molecular weight is 279 g/mol. The van der Waals surface area contributed by atoms with Crippen LogP contribution in [0.2, 0.25) is 0 Å². The standard InChI is InChI=1S/C18H33NO/c1-4-19-17(16-9-7-6-8-10-16)18(20-5-2)13-11-15(3)12-14-18/h9,15,17,19H,4-8,10-14H2,1-3H3. The Labute approximate surface area is 125 Å². The quantitative estimate of drug-likeness (QED) is 0.725. The van der Waals surface area contributed by atoms with Crippen molar-refractivity contribution >= 4 is 0 Å². The van der Waals surface area contributed by atoms with Crippen LogP contribution in [0.15, 0.2) is 11.6 Å². The van der Waals surface area contributed by atoms with E-state index in [-0.39, 0.29) is 5.60 Å². The molecule has 0 heterocycles. The first-order valence-corrected chi connectivity index (χ1v) is 8.78. The van der Waals surface area contributed by atoms with Crippen LogP contribution in [0.5, 0.6) is 0 Å². The summed E-state index contributed by atoms with van der Waals surface area (Å²) in [6, 6.07) is 0.445. The first-order valence-electron chi connectivity index (χ1n) is 8.78. The van der Waals surface area contributed by atoms with Gasteiger partial charge in [-0.1, -0.05) is 25.5 Å². The predicted octanol–water partition coefficient (Wildman–Crippen LogP) is 4.45. The molecule has 2 nitrogen and oxygen atoms in total. The molecule has 1 atom stereocenters. The van der Waals surface area contributed by atoms with Crippen molar-refractivity contribution in [2.75, 3.05) is 13.2 Å². The second-order valence-corrected chi connectivity index (χ2v) is 6.70. The Hall–Kier alpha value is -0.340. The van der Waals surface area contributed by atoms with Crippen molar-refractivity contribution in [3.05, 3.63) is 11.6 Å². The molecule has 2 aliphatic carbocycles. The minimum Gasteiger partial charge on any atom is -0.373 e. The molecule has 0 aromatic carbocycles. The zero-order valence-corrected chi connectivity index (χ0v) is 13.7. The number of allylic oxidation sites excluding steroid dienone is 1. The number of likely N-dealkylation sites (N-methyl/N-ethyl adjacent to an activating group) is 1. The van der Waals surface area contributed by atoms with Crippen LogP contribution < -0.4 is 5.32 Å². The zero-order valence-electron chi connectivity index (χ0n) is 13.7. The molecule has 1 N–H and O–H groups in total. The largest absolute Gasteiger partial charge is 0.373 e. The molecule has 20 heavy (non-hydrogen) atoms. The lowest BCUT2D eigenvalue weighted by atomic mass is 9.72. The van der Waals surface area contributed by atoms with Gasteiger partial charge in [0.25, 0.3) is 0 Å². The van der Waals surface area contributed by atoms with E-state index >= 15 is 0 Å². The number of nitrogens with one attached hydrogen (secondary N) is 1. The van der Waals surface area contributed by atoms with Crippen LogP contribution in [0, 0.1) is 5.92 Å². The summed E-state index contributed by atoms with van der Waals surface area (Å²) in [5.41, 5.74) is 1.68. The lowest BCUT2D eigenvalue weighted by molar-refractivity contribution is -0.0889. The topological polar surface area (TPSA) is 21.3 Å². The molecule has 1 saturated carbocycles. The Bertz CT molecular complexity index is 315. The van der Waals surface area contributed by atoms with Gasteiger partial charge in [-0.25, -0.2) is 0 Å². The van der Waals surface area contributed by atoms with Crippen LogP contribution >= 0.6 is 0 Å². The van der Waals surface area contributed by atoms with Crippen LogP contribution in [0.25, 0.3) is 0 Å². The molecule has 2 heteroatoms. The van der Waals surface area contributed by atoms with Gasteiger partial charge in [0, 0.05) is 6.61 Å². The van der Waals surface area contributed by atoms with Gasteiger partial charge in [0.1, 0.15) is 0 Å². The molecule has 2 rings (SSSR count). The van der Waals surface area contributed by atoms with Gasteiger partial charge in [-0.05, 0) is 70.8 Å². The second-order valence-electron chi connectivity index (χ2n) is 6.70. The zero-order chi connectivity index (χ0) is 14.4. The summed E-state index contributed by atoms with van der Waals surface area (Å²) in [4.78, 5) is 0. The lowest BCUT2D eigenvalue weighted by Gasteiger charge is -2.46. The highest BCUT2D eigenvalue weighted by Crippen LogP contribution is 2.41. The van der Waals surface area contributed by atoms with Crippen LogP contribution in [-0.4, -0.2) is 24.8 Å². The molecule has 2 aliphatic rings. The second kappa shape index (κ2) is 7.61. The molecule has 0 aromatic heterocycles. The molecule has 0 amide bonds. The highest BCUT2D eigenvalue weighted by atomic mass is 16.5. The van der Waals surface area contributed by atoms with Crippen LogP contribution in [0.1, 0.15) is 72.1 Å². The summed E-state index contributed by atoms with van der Waals surface area (Å²) in [7, 11) is 0. The maximum absolute atomic E-state index is 6.38. The Balaban J connectivity index is 2.19. The highest BCUT2D eigenvalue weighted by molar-refractivity contribution is 5.20. The first kappa shape index (κ1) is 16.0. The fourth-order valence-corrected chi connectivity index (χ4v) is 4.04. The lowest BCUT2D eigenvalue weighted by Crippen LogP contribution is -2.55. The Morgan fingerprint density at radius 3 is 2.60 bits per heavy atom. The summed E-state index contributed by atoms with van der Waals surface area (Å²) in [5, 5.41) is 3.77. The van der Waals surface area contributed by atoms with Crippen molar-refractivity contribution in [2.24, 2.45) is 5.92 Å². The molecule has 1 unspecified atom stereocenters. The molecule has 0 saturated heterocycles. The third kappa shape index (κ3) is 3.65. The van der Waals surface area contributed by atoms with E-state index in [1.165, 1.54) is 51.4 Å². The van der Waals surface area contributed by atoms with Crippen LogP contribution in [0.3, 0.4) is 0 Å². The molecule has 116 valence electrons. The fourth-order valence-electron chi connectivity index (χ4n) is 4.04. The smallest absolute Gasteiger partial charge is 0.0873 e. The van der Waals surface area contributed by atoms with Gasteiger partial charge < -0.3 is 10.1 Å². The van der Waals surface area contributed by atoms with E-state index in [2.05, 4.69) is 32.2 Å². The maximum Gasteiger partial charge on any atom is 0.0873 e. The van der Waals surface area contributed by atoms with Gasteiger partial charge in [0.05, 0.1) is 11.6 Å². The van der Waals surface area contributed by atoms with E-state index in [4.69, 9.17) is 4.74 Å². The van der Waals surface area contributed by atoms with Gasteiger partial charge in [0.15, 0.2) is 0 Å². The third-order valence-electron chi connectivity index (χ3n) is 5.18. The average Bonchev–Trinajstić information content (AvgIpc) is 2.49. The SMILES string of the molecule is CCNC(C1=CCCCC1)C1(OCC)CCC(C)CC1. The van der Waals surface area contributed by atoms with E-state index in [0.29, 0.717) is 6.04 Å². The Kier molecular flexibility index (Phi) is 6.10. The minimum atomic E-state index is 0.0560. The van der Waals surface area contributed by atoms with Gasteiger partial charge in [-0.15, -0.1) is 0 Å². The van der Waals surface area contributed by atoms with Crippen molar-refractivity contribution in [1.29, 1.82) is 0 Å². The molecular formula is C18H33NO. The number of hydrogen-bond donors (Lipinski definition) is 1. The predicted molar refractivity (Wildman–Crippen MR) is 86.0 cm³/mol.